The molecular formula is C25H28N2O5. The van der Waals surface area contributed by atoms with E-state index in [2.05, 4.69) is 30.1 Å². The van der Waals surface area contributed by atoms with E-state index in [9.17, 15) is 14.7 Å². The van der Waals surface area contributed by atoms with Gasteiger partial charge in [-0.3, -0.25) is 9.69 Å². The Balaban J connectivity index is 1.31. The molecule has 2 aromatic rings. The summed E-state index contributed by atoms with van der Waals surface area (Å²) in [5.74, 6) is -0.210. The third kappa shape index (κ3) is 3.65. The first-order valence-electron chi connectivity index (χ1n) is 11.1. The van der Waals surface area contributed by atoms with Gasteiger partial charge in [-0.15, -0.1) is 0 Å². The third-order valence-corrected chi connectivity index (χ3v) is 7.05. The lowest BCUT2D eigenvalue weighted by Gasteiger charge is -2.50. The van der Waals surface area contributed by atoms with Crippen LogP contribution >= 0.6 is 0 Å². The van der Waals surface area contributed by atoms with Crippen LogP contribution in [0.1, 0.15) is 48.7 Å². The highest BCUT2D eigenvalue weighted by molar-refractivity contribution is 6.01. The number of aromatic carboxylic acids is 1. The predicted molar refractivity (Wildman–Crippen MR) is 119 cm³/mol. The van der Waals surface area contributed by atoms with Crippen LogP contribution < -0.4 is 10.1 Å². The minimum Gasteiger partial charge on any atom is -0.487 e. The molecule has 32 heavy (non-hydrogen) atoms. The fourth-order valence-electron chi connectivity index (χ4n) is 5.47. The van der Waals surface area contributed by atoms with E-state index in [0.717, 1.165) is 30.7 Å². The maximum Gasteiger partial charge on any atom is 0.337 e. The summed E-state index contributed by atoms with van der Waals surface area (Å²) >= 11 is 0. The van der Waals surface area contributed by atoms with Crippen LogP contribution in [-0.4, -0.2) is 52.7 Å². The molecule has 4 atom stereocenters. The van der Waals surface area contributed by atoms with Crippen molar-refractivity contribution in [2.24, 2.45) is 5.92 Å². The number of nitrogens with zero attached hydrogens (tertiary/aromatic N) is 1. The third-order valence-electron chi connectivity index (χ3n) is 7.05. The molecule has 5 rings (SSSR count). The summed E-state index contributed by atoms with van der Waals surface area (Å²) in [6.45, 7) is 5.19. The van der Waals surface area contributed by atoms with Gasteiger partial charge in [0.2, 0.25) is 5.91 Å². The molecule has 0 unspecified atom stereocenters. The van der Waals surface area contributed by atoms with Crippen molar-refractivity contribution in [3.63, 3.8) is 0 Å². The summed E-state index contributed by atoms with van der Waals surface area (Å²) < 4.78 is 13.0. The molecule has 0 radical (unpaired) electrons. The Hall–Kier alpha value is -2.90. The van der Waals surface area contributed by atoms with Crippen LogP contribution in [0.2, 0.25) is 0 Å². The first-order chi connectivity index (χ1) is 15.3. The Morgan fingerprint density at radius 1 is 1.16 bits per heavy atom. The Labute approximate surface area is 187 Å². The topological polar surface area (TPSA) is 88.1 Å². The van der Waals surface area contributed by atoms with Crippen molar-refractivity contribution >= 4 is 17.6 Å². The Morgan fingerprint density at radius 2 is 1.91 bits per heavy atom. The van der Waals surface area contributed by atoms with Crippen LogP contribution in [0.5, 0.6) is 5.75 Å². The van der Waals surface area contributed by atoms with Crippen LogP contribution in [0.3, 0.4) is 0 Å². The zero-order valence-electron chi connectivity index (χ0n) is 18.3. The van der Waals surface area contributed by atoms with E-state index in [1.807, 2.05) is 18.2 Å². The number of carboxylic acid groups (broad SMARTS) is 1. The predicted octanol–water partition coefficient (Wildman–Crippen LogP) is 3.72. The number of carboxylic acids is 1. The van der Waals surface area contributed by atoms with Gasteiger partial charge in [-0.2, -0.15) is 0 Å². The van der Waals surface area contributed by atoms with Gasteiger partial charge in [0.15, 0.2) is 0 Å². The maximum atomic E-state index is 12.8. The highest BCUT2D eigenvalue weighted by atomic mass is 16.5. The number of hydrogen-bond acceptors (Lipinski definition) is 5. The number of hydrogen-bond donors (Lipinski definition) is 2. The van der Waals surface area contributed by atoms with Gasteiger partial charge in [0.1, 0.15) is 11.4 Å². The number of ether oxygens (including phenoxy) is 2. The zero-order valence-corrected chi connectivity index (χ0v) is 18.3. The number of fused-ring (bicyclic) bond motifs is 4. The van der Waals surface area contributed by atoms with Gasteiger partial charge in [0, 0.05) is 24.1 Å². The molecule has 0 aromatic heterocycles. The highest BCUT2D eigenvalue weighted by Gasteiger charge is 2.53. The lowest BCUT2D eigenvalue weighted by Crippen LogP contribution is -2.54. The number of benzene rings is 2. The molecule has 2 aromatic carbocycles. The quantitative estimate of drug-likeness (QED) is 0.760. The number of para-hydroxylation sites is 2. The van der Waals surface area contributed by atoms with E-state index in [1.165, 1.54) is 6.07 Å². The smallest absolute Gasteiger partial charge is 0.337 e. The molecule has 3 aliphatic heterocycles. The van der Waals surface area contributed by atoms with E-state index in [1.54, 1.807) is 18.2 Å². The fourth-order valence-corrected chi connectivity index (χ4v) is 5.47. The summed E-state index contributed by atoms with van der Waals surface area (Å²) in [7, 11) is 0. The van der Waals surface area contributed by atoms with Crippen LogP contribution in [0, 0.1) is 5.92 Å². The molecule has 7 heteroatoms. The summed E-state index contributed by atoms with van der Waals surface area (Å²) in [6, 6.07) is 14.7. The Morgan fingerprint density at radius 3 is 2.72 bits per heavy atom. The summed E-state index contributed by atoms with van der Waals surface area (Å²) in [6.07, 6.45) is 1.82. The van der Waals surface area contributed by atoms with Crippen LogP contribution in [-0.2, 0) is 9.53 Å². The molecule has 2 N–H and O–H groups in total. The molecule has 3 heterocycles. The second-order valence-electron chi connectivity index (χ2n) is 9.41. The molecule has 7 nitrogen and oxygen atoms in total. The van der Waals surface area contributed by atoms with E-state index < -0.39 is 5.97 Å². The van der Waals surface area contributed by atoms with Gasteiger partial charge >= 0.3 is 5.97 Å². The Bertz CT molecular complexity index is 1050. The zero-order chi connectivity index (χ0) is 22.5. The van der Waals surface area contributed by atoms with Crippen LogP contribution in [0.4, 0.5) is 5.69 Å². The molecule has 0 saturated carbocycles. The first kappa shape index (κ1) is 21.0. The standard InChI is InChI=1S/C25H28N2O5/c1-25(2)17-13-19-21(31-23(17)16-8-4-6-10-20(16)32-25)11-12-27(19)14-22(28)26-18-9-5-3-7-15(18)24(29)30/h3-10,17,19,21,23H,11-14H2,1-2H3,(H,26,28)(H,29,30)/t17-,19+,21-,23+/m1/s1. The molecule has 2 saturated heterocycles. The number of carbonyl (C=O) groups excluding carboxylic acids is 1. The van der Waals surface area contributed by atoms with E-state index >= 15 is 0 Å². The first-order valence-corrected chi connectivity index (χ1v) is 11.1. The molecule has 2 fully saturated rings. The second-order valence-corrected chi connectivity index (χ2v) is 9.41. The number of rotatable bonds is 4. The minimum atomic E-state index is -1.06. The van der Waals surface area contributed by atoms with Crippen molar-refractivity contribution in [1.29, 1.82) is 0 Å². The van der Waals surface area contributed by atoms with Gasteiger partial charge in [-0.05, 0) is 44.9 Å². The van der Waals surface area contributed by atoms with Gasteiger partial charge < -0.3 is 19.9 Å². The second kappa shape index (κ2) is 7.90. The molecule has 168 valence electrons. The van der Waals surface area contributed by atoms with E-state index in [4.69, 9.17) is 9.47 Å². The Kier molecular flexibility index (Phi) is 5.18. The number of nitrogens with one attached hydrogen (secondary N) is 1. The van der Waals surface area contributed by atoms with Crippen molar-refractivity contribution in [1.82, 2.24) is 4.90 Å². The SMILES string of the molecule is CC1(C)Oc2ccccc2[C@@H]2O[C@@H]3CCN(CC(=O)Nc4ccccc4C(=O)O)[C@H]3C[C@H]21. The summed E-state index contributed by atoms with van der Waals surface area (Å²) in [5, 5.41) is 12.1. The molecule has 0 aliphatic carbocycles. The molecule has 0 bridgehead atoms. The monoisotopic (exact) mass is 436 g/mol. The van der Waals surface area contributed by atoms with Crippen molar-refractivity contribution in [3.05, 3.63) is 59.7 Å². The van der Waals surface area contributed by atoms with Crippen LogP contribution in [0.25, 0.3) is 0 Å². The van der Waals surface area contributed by atoms with Gasteiger partial charge in [-0.1, -0.05) is 30.3 Å². The molecule has 0 spiro atoms. The molecule has 3 aliphatic rings. The van der Waals surface area contributed by atoms with E-state index in [-0.39, 0.29) is 47.8 Å². The van der Waals surface area contributed by atoms with Crippen molar-refractivity contribution < 1.29 is 24.2 Å². The lowest BCUT2D eigenvalue weighted by molar-refractivity contribution is -0.162. The number of amides is 1. The van der Waals surface area contributed by atoms with Gasteiger partial charge in [0.25, 0.3) is 0 Å². The van der Waals surface area contributed by atoms with Crippen molar-refractivity contribution in [2.75, 3.05) is 18.4 Å². The van der Waals surface area contributed by atoms with E-state index in [0.29, 0.717) is 5.69 Å². The van der Waals surface area contributed by atoms with Crippen molar-refractivity contribution in [2.45, 2.75) is 50.5 Å². The summed E-state index contributed by atoms with van der Waals surface area (Å²) in [4.78, 5) is 26.4. The average Bonchev–Trinajstić information content (AvgIpc) is 3.14. The molecular weight excluding hydrogens is 408 g/mol. The fraction of sp³-hybridized carbons (Fsp3) is 0.440. The normalized spacial score (nSPS) is 28.1. The van der Waals surface area contributed by atoms with Crippen molar-refractivity contribution in [3.8, 4) is 5.75 Å². The highest BCUT2D eigenvalue weighted by Crippen LogP contribution is 2.52. The molecule has 1 amide bonds. The largest absolute Gasteiger partial charge is 0.487 e. The van der Waals surface area contributed by atoms with Crippen LogP contribution in [0.15, 0.2) is 48.5 Å². The van der Waals surface area contributed by atoms with Gasteiger partial charge in [-0.25, -0.2) is 4.79 Å². The number of anilines is 1. The minimum absolute atomic E-state index is 0.00702. The number of carbonyl (C=O) groups is 2. The number of likely N-dealkylation sites (tertiary alicyclic amines) is 1. The summed E-state index contributed by atoms with van der Waals surface area (Å²) in [5.41, 5.74) is 1.14. The van der Waals surface area contributed by atoms with Gasteiger partial charge in [0.05, 0.1) is 30.0 Å². The average molecular weight is 437 g/mol. The lowest BCUT2D eigenvalue weighted by atomic mass is 9.74. The maximum absolute atomic E-state index is 12.8.